The average molecular weight is 281 g/mol. The molecule has 2 aromatic rings. The molecule has 1 unspecified atom stereocenters. The van der Waals surface area contributed by atoms with Crippen LogP contribution in [0, 0.1) is 0 Å². The van der Waals surface area contributed by atoms with Gasteiger partial charge in [-0.1, -0.05) is 25.3 Å². The van der Waals surface area contributed by atoms with Crippen molar-refractivity contribution in [2.24, 2.45) is 0 Å². The van der Waals surface area contributed by atoms with Crippen LogP contribution in [0.4, 0.5) is 0 Å². The van der Waals surface area contributed by atoms with Crippen LogP contribution < -0.4 is 0 Å². The molecule has 0 aliphatic carbocycles. The summed E-state index contributed by atoms with van der Waals surface area (Å²) in [6, 6.07) is 0. The van der Waals surface area contributed by atoms with Crippen molar-refractivity contribution >= 4 is 11.5 Å². The Morgan fingerprint density at radius 2 is 2.21 bits per heavy atom. The van der Waals surface area contributed by atoms with Gasteiger partial charge in [-0.25, -0.2) is 4.98 Å². The number of hydrogen-bond donors (Lipinski definition) is 1. The molecule has 1 N–H and O–H groups in total. The van der Waals surface area contributed by atoms with Gasteiger partial charge in [0.15, 0.2) is 0 Å². The second-order valence-corrected chi connectivity index (χ2v) is 5.58. The predicted molar refractivity (Wildman–Crippen MR) is 73.0 cm³/mol. The highest BCUT2D eigenvalue weighted by Crippen LogP contribution is 2.27. The lowest BCUT2D eigenvalue weighted by molar-refractivity contribution is 0.176. The summed E-state index contributed by atoms with van der Waals surface area (Å²) in [6.45, 7) is 7.00. The zero-order valence-electron chi connectivity index (χ0n) is 11.4. The minimum atomic E-state index is -0.614. The molecular weight excluding hydrogens is 262 g/mol. The van der Waals surface area contributed by atoms with E-state index < -0.39 is 6.10 Å². The van der Waals surface area contributed by atoms with Gasteiger partial charge >= 0.3 is 0 Å². The van der Waals surface area contributed by atoms with Gasteiger partial charge in [0.05, 0.1) is 16.7 Å². The Kier molecular flexibility index (Phi) is 4.60. The Balaban J connectivity index is 2.14. The molecule has 0 aromatic carbocycles. The standard InChI is InChI=1S/C12H19N5OS/c1-4-5-17-10(13-7-14-17)6-9(18)12-11(8(2)3)15-16-19-12/h7-9,18H,4-6H2,1-3H3. The van der Waals surface area contributed by atoms with Crippen LogP contribution in [-0.2, 0) is 13.0 Å². The number of nitrogens with zero attached hydrogens (tertiary/aromatic N) is 5. The quantitative estimate of drug-likeness (QED) is 0.875. The van der Waals surface area contributed by atoms with Crippen LogP contribution in [0.25, 0.3) is 0 Å². The lowest BCUT2D eigenvalue weighted by Gasteiger charge is -2.11. The molecule has 0 saturated carbocycles. The van der Waals surface area contributed by atoms with Crippen molar-refractivity contribution in [3.05, 3.63) is 22.7 Å². The van der Waals surface area contributed by atoms with Crippen LogP contribution in [0.15, 0.2) is 6.33 Å². The zero-order valence-corrected chi connectivity index (χ0v) is 12.3. The summed E-state index contributed by atoms with van der Waals surface area (Å²) in [5.74, 6) is 1.06. The molecule has 104 valence electrons. The molecular formula is C12H19N5OS. The Hall–Kier alpha value is -1.34. The molecule has 0 spiro atoms. The third-order valence-electron chi connectivity index (χ3n) is 2.90. The average Bonchev–Trinajstić information content (AvgIpc) is 2.98. The second kappa shape index (κ2) is 6.21. The lowest BCUT2D eigenvalue weighted by Crippen LogP contribution is -2.11. The zero-order chi connectivity index (χ0) is 13.8. The van der Waals surface area contributed by atoms with E-state index >= 15 is 0 Å². The van der Waals surface area contributed by atoms with Crippen LogP contribution in [0.1, 0.15) is 55.6 Å². The van der Waals surface area contributed by atoms with Crippen molar-refractivity contribution in [3.8, 4) is 0 Å². The topological polar surface area (TPSA) is 76.7 Å². The van der Waals surface area contributed by atoms with Gasteiger partial charge in [-0.2, -0.15) is 5.10 Å². The van der Waals surface area contributed by atoms with Crippen LogP contribution in [-0.4, -0.2) is 29.5 Å². The molecule has 7 heteroatoms. The van der Waals surface area contributed by atoms with Gasteiger partial charge in [0.25, 0.3) is 0 Å². The number of aromatic nitrogens is 5. The summed E-state index contributed by atoms with van der Waals surface area (Å²) < 4.78 is 5.78. The van der Waals surface area contributed by atoms with Crippen LogP contribution in [0.2, 0.25) is 0 Å². The van der Waals surface area contributed by atoms with E-state index in [4.69, 9.17) is 0 Å². The summed E-state index contributed by atoms with van der Waals surface area (Å²) >= 11 is 1.26. The van der Waals surface area contributed by atoms with Gasteiger partial charge in [0, 0.05) is 13.0 Å². The van der Waals surface area contributed by atoms with Gasteiger partial charge in [-0.3, -0.25) is 4.68 Å². The van der Waals surface area contributed by atoms with Crippen molar-refractivity contribution < 1.29 is 5.11 Å². The number of hydrogen-bond acceptors (Lipinski definition) is 6. The minimum absolute atomic E-state index is 0.261. The summed E-state index contributed by atoms with van der Waals surface area (Å²) in [4.78, 5) is 5.05. The summed E-state index contributed by atoms with van der Waals surface area (Å²) in [7, 11) is 0. The number of aliphatic hydroxyl groups is 1. The van der Waals surface area contributed by atoms with Crippen molar-refractivity contribution in [2.75, 3.05) is 0 Å². The maximum atomic E-state index is 10.4. The fourth-order valence-electron chi connectivity index (χ4n) is 1.95. The first kappa shape index (κ1) is 14.1. The van der Waals surface area contributed by atoms with Crippen molar-refractivity contribution in [3.63, 3.8) is 0 Å². The normalized spacial score (nSPS) is 13.1. The minimum Gasteiger partial charge on any atom is -0.387 e. The maximum Gasteiger partial charge on any atom is 0.138 e. The Bertz CT molecular complexity index is 522. The van der Waals surface area contributed by atoms with Crippen LogP contribution >= 0.6 is 11.5 Å². The van der Waals surface area contributed by atoms with E-state index in [9.17, 15) is 5.11 Å². The predicted octanol–water partition coefficient (Wildman–Crippen LogP) is 1.94. The van der Waals surface area contributed by atoms with E-state index in [0.29, 0.717) is 6.42 Å². The molecule has 0 bridgehead atoms. The van der Waals surface area contributed by atoms with Crippen molar-refractivity contribution in [1.82, 2.24) is 24.4 Å². The molecule has 2 aromatic heterocycles. The van der Waals surface area contributed by atoms with Crippen LogP contribution in [0.3, 0.4) is 0 Å². The van der Waals surface area contributed by atoms with Crippen molar-refractivity contribution in [1.29, 1.82) is 0 Å². The third-order valence-corrected chi connectivity index (χ3v) is 3.74. The first-order chi connectivity index (χ1) is 9.13. The third kappa shape index (κ3) is 3.16. The highest BCUT2D eigenvalue weighted by atomic mass is 32.1. The molecule has 6 nitrogen and oxygen atoms in total. The molecule has 0 aliphatic rings. The summed E-state index contributed by atoms with van der Waals surface area (Å²) in [5.41, 5.74) is 0.874. The highest BCUT2D eigenvalue weighted by molar-refractivity contribution is 7.05. The first-order valence-corrected chi connectivity index (χ1v) is 7.27. The maximum absolute atomic E-state index is 10.4. The largest absolute Gasteiger partial charge is 0.387 e. The Labute approximate surface area is 116 Å². The highest BCUT2D eigenvalue weighted by Gasteiger charge is 2.21. The molecule has 0 amide bonds. The van der Waals surface area contributed by atoms with Crippen LogP contribution in [0.5, 0.6) is 0 Å². The Morgan fingerprint density at radius 3 is 2.89 bits per heavy atom. The molecule has 0 fully saturated rings. The monoisotopic (exact) mass is 281 g/mol. The smallest absolute Gasteiger partial charge is 0.138 e. The molecule has 0 aliphatic heterocycles. The molecule has 0 saturated heterocycles. The lowest BCUT2D eigenvalue weighted by atomic mass is 10.1. The molecule has 1 atom stereocenters. The van der Waals surface area contributed by atoms with E-state index in [2.05, 4.69) is 26.6 Å². The molecule has 2 heterocycles. The fourth-order valence-corrected chi connectivity index (χ4v) is 2.74. The first-order valence-electron chi connectivity index (χ1n) is 6.50. The van der Waals surface area contributed by atoms with E-state index in [1.807, 2.05) is 18.5 Å². The second-order valence-electron chi connectivity index (χ2n) is 4.80. The fraction of sp³-hybridized carbons (Fsp3) is 0.667. The van der Waals surface area contributed by atoms with Gasteiger partial charge in [0.2, 0.25) is 0 Å². The number of rotatable bonds is 6. The van der Waals surface area contributed by atoms with Gasteiger partial charge in [-0.05, 0) is 23.9 Å². The Morgan fingerprint density at radius 1 is 1.42 bits per heavy atom. The summed E-state index contributed by atoms with van der Waals surface area (Å²) in [6.07, 6.45) is 2.36. The molecule has 0 radical (unpaired) electrons. The molecule has 19 heavy (non-hydrogen) atoms. The van der Waals surface area contributed by atoms with E-state index in [1.165, 1.54) is 17.9 Å². The van der Waals surface area contributed by atoms with E-state index in [1.54, 1.807) is 0 Å². The van der Waals surface area contributed by atoms with Crippen molar-refractivity contribution in [2.45, 2.75) is 52.2 Å². The van der Waals surface area contributed by atoms with E-state index in [-0.39, 0.29) is 5.92 Å². The summed E-state index contributed by atoms with van der Waals surface area (Å²) in [5, 5.41) is 18.6. The van der Waals surface area contributed by atoms with E-state index in [0.717, 1.165) is 29.4 Å². The SMILES string of the molecule is CCCn1ncnc1CC(O)c1snnc1C(C)C. The van der Waals surface area contributed by atoms with Gasteiger partial charge < -0.3 is 5.11 Å². The number of aryl methyl sites for hydroxylation is 1. The molecule has 2 rings (SSSR count). The van der Waals surface area contributed by atoms with Gasteiger partial charge in [0.1, 0.15) is 12.2 Å². The van der Waals surface area contributed by atoms with Gasteiger partial charge in [-0.15, -0.1) is 5.10 Å². The number of aliphatic hydroxyl groups excluding tert-OH is 1.